The summed E-state index contributed by atoms with van der Waals surface area (Å²) in [6.07, 6.45) is 1.24. The molecule has 38 heavy (non-hydrogen) atoms. The van der Waals surface area contributed by atoms with Gasteiger partial charge in [0.05, 0.1) is 18.6 Å². The molecule has 0 saturated carbocycles. The molecule has 0 radical (unpaired) electrons. The molecule has 200 valence electrons. The van der Waals surface area contributed by atoms with Gasteiger partial charge in [-0.25, -0.2) is 17.6 Å². The summed E-state index contributed by atoms with van der Waals surface area (Å²) in [5.74, 6) is -7.21. The number of carbonyl (C=O) groups is 1. The van der Waals surface area contributed by atoms with Crippen molar-refractivity contribution < 1.29 is 41.3 Å². The van der Waals surface area contributed by atoms with Gasteiger partial charge in [0.2, 0.25) is 5.82 Å². The highest BCUT2D eigenvalue weighted by molar-refractivity contribution is 5.78. The summed E-state index contributed by atoms with van der Waals surface area (Å²) >= 11 is 0. The number of allylic oxidation sites excluding steroid dienone is 2. The summed E-state index contributed by atoms with van der Waals surface area (Å²) in [4.78, 5) is 12.7. The summed E-state index contributed by atoms with van der Waals surface area (Å²) in [6.45, 7) is 3.09. The molecule has 0 spiro atoms. The Hall–Kier alpha value is -3.72. The van der Waals surface area contributed by atoms with E-state index in [1.807, 2.05) is 0 Å². The molecule has 3 aromatic carbocycles. The number of aliphatic hydroxyl groups excluding tert-OH is 1. The number of carbonyl (C=O) groups excluding carboxylic acids is 1. The Morgan fingerprint density at radius 1 is 0.947 bits per heavy atom. The number of ether oxygens (including phenoxy) is 2. The zero-order valence-corrected chi connectivity index (χ0v) is 20.7. The molecule has 1 N–H and O–H groups in total. The largest absolute Gasteiger partial charge is 0.491 e. The van der Waals surface area contributed by atoms with Crippen LogP contribution >= 0.6 is 0 Å². The smallest absolute Gasteiger partial charge is 0.314 e. The van der Waals surface area contributed by atoms with Crippen LogP contribution in [0.25, 0.3) is 16.7 Å². The van der Waals surface area contributed by atoms with Crippen molar-refractivity contribution >= 4 is 11.5 Å². The van der Waals surface area contributed by atoms with Crippen molar-refractivity contribution in [1.82, 2.24) is 0 Å². The molecular weight excluding hydrogens is 507 g/mol. The van der Waals surface area contributed by atoms with Gasteiger partial charge in [-0.2, -0.15) is 4.39 Å². The minimum absolute atomic E-state index is 0.0642. The van der Waals surface area contributed by atoms with Gasteiger partial charge in [0.15, 0.2) is 23.2 Å². The van der Waals surface area contributed by atoms with Gasteiger partial charge in [0.25, 0.3) is 0 Å². The van der Waals surface area contributed by atoms with E-state index < -0.39 is 47.1 Å². The van der Waals surface area contributed by atoms with E-state index in [9.17, 15) is 31.9 Å². The third kappa shape index (κ3) is 5.43. The van der Waals surface area contributed by atoms with Crippen LogP contribution in [0.4, 0.5) is 22.0 Å². The fourth-order valence-electron chi connectivity index (χ4n) is 4.41. The van der Waals surface area contributed by atoms with Gasteiger partial charge in [-0.15, -0.1) is 0 Å². The Labute approximate surface area is 216 Å². The maximum atomic E-state index is 14.8. The second kappa shape index (κ2) is 11.3. The molecular formula is C29H25F5O4. The Balaban J connectivity index is 1.45. The van der Waals surface area contributed by atoms with Crippen LogP contribution in [0, 0.1) is 35.0 Å². The standard InChI is InChI=1S/C29H25F5O4/c1-3-37-24-13-12-22(27(33)28(24)34)21-9-8-18(14-23(21)30)38-29(36)17-6-4-16(5-7-17)20-11-10-19(15(2)35)25(31)26(20)32/h4,8-15,17,35H,3,5-7H2,1-2H3. The van der Waals surface area contributed by atoms with Crippen molar-refractivity contribution in [3.63, 3.8) is 0 Å². The highest BCUT2D eigenvalue weighted by atomic mass is 19.2. The molecule has 9 heteroatoms. The van der Waals surface area contributed by atoms with E-state index in [-0.39, 0.29) is 53.2 Å². The van der Waals surface area contributed by atoms with Gasteiger partial charge in [-0.3, -0.25) is 4.79 Å². The Morgan fingerprint density at radius 3 is 2.26 bits per heavy atom. The van der Waals surface area contributed by atoms with Crippen LogP contribution in [0.2, 0.25) is 0 Å². The van der Waals surface area contributed by atoms with Crippen LogP contribution in [0.3, 0.4) is 0 Å². The highest BCUT2D eigenvalue weighted by Crippen LogP contribution is 2.36. The Kier molecular flexibility index (Phi) is 8.16. The molecule has 0 aliphatic heterocycles. The fraction of sp³-hybridized carbons (Fsp3) is 0.276. The maximum absolute atomic E-state index is 14.8. The van der Waals surface area contributed by atoms with Crippen LogP contribution in [-0.2, 0) is 4.79 Å². The molecule has 0 heterocycles. The van der Waals surface area contributed by atoms with E-state index in [4.69, 9.17) is 9.47 Å². The topological polar surface area (TPSA) is 55.8 Å². The first kappa shape index (κ1) is 27.3. The lowest BCUT2D eigenvalue weighted by Gasteiger charge is -2.22. The lowest BCUT2D eigenvalue weighted by atomic mass is 9.86. The molecule has 0 bridgehead atoms. The zero-order valence-electron chi connectivity index (χ0n) is 20.7. The number of esters is 1. The third-order valence-corrected chi connectivity index (χ3v) is 6.45. The fourth-order valence-corrected chi connectivity index (χ4v) is 4.41. The Bertz CT molecular complexity index is 1400. The second-order valence-electron chi connectivity index (χ2n) is 8.94. The van der Waals surface area contributed by atoms with E-state index in [1.165, 1.54) is 43.3 Å². The number of rotatable bonds is 7. The van der Waals surface area contributed by atoms with Crippen molar-refractivity contribution in [2.75, 3.05) is 6.61 Å². The van der Waals surface area contributed by atoms with Crippen molar-refractivity contribution in [1.29, 1.82) is 0 Å². The number of aliphatic hydroxyl groups is 1. The van der Waals surface area contributed by atoms with Gasteiger partial charge < -0.3 is 14.6 Å². The second-order valence-corrected chi connectivity index (χ2v) is 8.94. The summed E-state index contributed by atoms with van der Waals surface area (Å²) in [7, 11) is 0. The third-order valence-electron chi connectivity index (χ3n) is 6.45. The van der Waals surface area contributed by atoms with Crippen molar-refractivity contribution in [2.45, 2.75) is 39.2 Å². The van der Waals surface area contributed by atoms with Gasteiger partial charge in [-0.1, -0.05) is 18.2 Å². The molecule has 1 aliphatic carbocycles. The number of hydrogen-bond acceptors (Lipinski definition) is 4. The summed E-state index contributed by atoms with van der Waals surface area (Å²) in [6, 6.07) is 8.50. The van der Waals surface area contributed by atoms with Crippen molar-refractivity contribution in [3.8, 4) is 22.6 Å². The van der Waals surface area contributed by atoms with E-state index in [2.05, 4.69) is 0 Å². The molecule has 0 saturated heterocycles. The molecule has 2 atom stereocenters. The lowest BCUT2D eigenvalue weighted by Crippen LogP contribution is -2.22. The average Bonchev–Trinajstić information content (AvgIpc) is 2.89. The quantitative estimate of drug-likeness (QED) is 0.197. The maximum Gasteiger partial charge on any atom is 0.314 e. The molecule has 0 amide bonds. The van der Waals surface area contributed by atoms with Crippen LogP contribution in [0.1, 0.15) is 50.3 Å². The predicted molar refractivity (Wildman–Crippen MR) is 131 cm³/mol. The highest BCUT2D eigenvalue weighted by Gasteiger charge is 2.27. The van der Waals surface area contributed by atoms with Crippen LogP contribution in [-0.4, -0.2) is 17.7 Å². The van der Waals surface area contributed by atoms with Crippen molar-refractivity contribution in [3.05, 3.63) is 88.8 Å². The summed E-state index contributed by atoms with van der Waals surface area (Å²) in [5.41, 5.74) is -0.0727. The average molecular weight is 533 g/mol. The molecule has 0 aromatic heterocycles. The Morgan fingerprint density at radius 2 is 1.63 bits per heavy atom. The molecule has 4 rings (SSSR count). The van der Waals surface area contributed by atoms with E-state index in [0.29, 0.717) is 12.0 Å². The van der Waals surface area contributed by atoms with Crippen LogP contribution < -0.4 is 9.47 Å². The number of hydrogen-bond donors (Lipinski definition) is 1. The van der Waals surface area contributed by atoms with Crippen molar-refractivity contribution in [2.24, 2.45) is 5.92 Å². The first-order valence-electron chi connectivity index (χ1n) is 12.1. The summed E-state index contributed by atoms with van der Waals surface area (Å²) in [5, 5.41) is 9.56. The SMILES string of the molecule is CCOc1ccc(-c2ccc(OC(=O)C3CC=C(c4ccc(C(C)O)c(F)c4F)CC3)cc2F)c(F)c1F. The predicted octanol–water partition coefficient (Wildman–Crippen LogP) is 7.29. The molecule has 3 aromatic rings. The minimum atomic E-state index is -1.26. The first-order chi connectivity index (χ1) is 18.1. The lowest BCUT2D eigenvalue weighted by molar-refractivity contribution is -0.139. The van der Waals surface area contributed by atoms with Crippen LogP contribution in [0.15, 0.2) is 48.5 Å². The van der Waals surface area contributed by atoms with E-state index >= 15 is 0 Å². The molecule has 4 nitrogen and oxygen atoms in total. The van der Waals surface area contributed by atoms with Gasteiger partial charge >= 0.3 is 5.97 Å². The van der Waals surface area contributed by atoms with Gasteiger partial charge in [-0.05, 0) is 62.9 Å². The minimum Gasteiger partial charge on any atom is -0.491 e. The molecule has 1 aliphatic rings. The zero-order chi connectivity index (χ0) is 27.6. The van der Waals surface area contributed by atoms with E-state index in [1.54, 1.807) is 13.0 Å². The summed E-state index contributed by atoms with van der Waals surface area (Å²) < 4.78 is 82.6. The normalized spacial score (nSPS) is 16.1. The first-order valence-corrected chi connectivity index (χ1v) is 12.1. The van der Waals surface area contributed by atoms with Crippen LogP contribution in [0.5, 0.6) is 11.5 Å². The van der Waals surface area contributed by atoms with Gasteiger partial charge in [0, 0.05) is 28.3 Å². The van der Waals surface area contributed by atoms with Gasteiger partial charge in [0.1, 0.15) is 11.6 Å². The van der Waals surface area contributed by atoms with E-state index in [0.717, 1.165) is 6.07 Å². The number of benzene rings is 3. The molecule has 0 fully saturated rings. The monoisotopic (exact) mass is 532 g/mol. The molecule has 2 unspecified atom stereocenters. The number of halogens is 5.